The summed E-state index contributed by atoms with van der Waals surface area (Å²) in [5.41, 5.74) is 1.09. The Morgan fingerprint density at radius 2 is 2.11 bits per heavy atom. The lowest BCUT2D eigenvalue weighted by Crippen LogP contribution is -2.32. The number of para-hydroxylation sites is 1. The number of ether oxygens (including phenoxy) is 2. The van der Waals surface area contributed by atoms with Crippen molar-refractivity contribution >= 4 is 28.4 Å². The molecule has 0 unspecified atom stereocenters. The van der Waals surface area contributed by atoms with Crippen molar-refractivity contribution in [3.05, 3.63) is 69.0 Å². The van der Waals surface area contributed by atoms with E-state index in [1.165, 1.54) is 0 Å². The number of aromatic nitrogens is 1. The van der Waals surface area contributed by atoms with E-state index in [1.54, 1.807) is 25.4 Å². The van der Waals surface area contributed by atoms with Crippen LogP contribution in [0, 0.1) is 0 Å². The quantitative estimate of drug-likeness (QED) is 0.731. The molecule has 2 heterocycles. The van der Waals surface area contributed by atoms with E-state index in [0.717, 1.165) is 5.56 Å². The van der Waals surface area contributed by atoms with Crippen LogP contribution in [0.3, 0.4) is 0 Å². The molecule has 0 spiro atoms. The molecule has 1 aromatic heterocycles. The number of hydrogen-bond acceptors (Lipinski definition) is 4. The number of nitrogens with one attached hydrogen (secondary N) is 1. The highest BCUT2D eigenvalue weighted by Crippen LogP contribution is 2.33. The van der Waals surface area contributed by atoms with E-state index in [0.29, 0.717) is 34.0 Å². The van der Waals surface area contributed by atoms with Gasteiger partial charge in [-0.25, -0.2) is 0 Å². The van der Waals surface area contributed by atoms with Crippen molar-refractivity contribution in [3.8, 4) is 11.5 Å². The maximum atomic E-state index is 13.0. The first kappa shape index (κ1) is 18.4. The van der Waals surface area contributed by atoms with E-state index >= 15 is 0 Å². The summed E-state index contributed by atoms with van der Waals surface area (Å²) >= 11 is 6.30. The number of nitrogens with zero attached hydrogens (tertiary/aromatic N) is 1. The van der Waals surface area contributed by atoms with Crippen molar-refractivity contribution < 1.29 is 14.3 Å². The Kier molecular flexibility index (Phi) is 4.73. The largest absolute Gasteiger partial charge is 0.496 e. The molecule has 0 radical (unpaired) electrons. The highest BCUT2D eigenvalue weighted by Gasteiger charge is 2.24. The van der Waals surface area contributed by atoms with E-state index in [9.17, 15) is 9.59 Å². The van der Waals surface area contributed by atoms with Gasteiger partial charge in [0.25, 0.3) is 5.91 Å². The lowest BCUT2D eigenvalue weighted by Gasteiger charge is -2.26. The fraction of sp³-hybridized carbons (Fsp3) is 0.238. The van der Waals surface area contributed by atoms with Crippen molar-refractivity contribution in [2.75, 3.05) is 7.11 Å². The second-order valence-electron chi connectivity index (χ2n) is 6.72. The number of amides is 1. The molecule has 3 aromatic rings. The normalized spacial score (nSPS) is 15.2. The van der Waals surface area contributed by atoms with Gasteiger partial charge in [0.15, 0.2) is 0 Å². The summed E-state index contributed by atoms with van der Waals surface area (Å²) in [6, 6.07) is 10.8. The number of pyridine rings is 1. The van der Waals surface area contributed by atoms with Crippen LogP contribution in [0.4, 0.5) is 0 Å². The van der Waals surface area contributed by atoms with E-state index in [-0.39, 0.29) is 18.2 Å². The van der Waals surface area contributed by atoms with Crippen LogP contribution in [0.1, 0.15) is 22.8 Å². The van der Waals surface area contributed by atoms with Gasteiger partial charge in [-0.05, 0) is 25.1 Å². The molecule has 1 aliphatic heterocycles. The Balaban J connectivity index is 1.73. The Morgan fingerprint density at radius 3 is 2.89 bits per heavy atom. The number of rotatable bonds is 4. The zero-order valence-electron chi connectivity index (χ0n) is 15.5. The van der Waals surface area contributed by atoms with Crippen molar-refractivity contribution in [1.29, 1.82) is 0 Å². The van der Waals surface area contributed by atoms with Crippen molar-refractivity contribution in [3.63, 3.8) is 0 Å². The minimum Gasteiger partial charge on any atom is -0.496 e. The SMILES string of the molecule is COc1ccccc1CNC(=O)c1cn2c3c(ccc(Cl)c3c1=O)O[C@@H](C)C2. The van der Waals surface area contributed by atoms with Crippen molar-refractivity contribution in [1.82, 2.24) is 9.88 Å². The minimum atomic E-state index is -0.456. The third-order valence-electron chi connectivity index (χ3n) is 4.79. The molecule has 1 aliphatic rings. The molecule has 1 atom stereocenters. The van der Waals surface area contributed by atoms with E-state index in [1.807, 2.05) is 35.8 Å². The molecular formula is C21H19ClN2O4. The number of benzene rings is 2. The standard InChI is InChI=1S/C21H19ClN2O4/c1-12-10-24-11-14(20(25)18-15(22)7-8-17(28-12)19(18)24)21(26)23-9-13-5-3-4-6-16(13)27-2/h3-8,11-12H,9-10H2,1-2H3,(H,23,26)/t12-/m0/s1. The summed E-state index contributed by atoms with van der Waals surface area (Å²) in [6.45, 7) is 2.70. The second kappa shape index (κ2) is 7.20. The lowest BCUT2D eigenvalue weighted by atomic mass is 10.1. The van der Waals surface area contributed by atoms with Gasteiger partial charge in [0.1, 0.15) is 23.2 Å². The maximum absolute atomic E-state index is 13.0. The average Bonchev–Trinajstić information content (AvgIpc) is 2.69. The number of halogens is 1. The van der Waals surface area contributed by atoms with E-state index in [4.69, 9.17) is 21.1 Å². The van der Waals surface area contributed by atoms with Crippen LogP contribution >= 0.6 is 11.6 Å². The van der Waals surface area contributed by atoms with Gasteiger partial charge in [-0.2, -0.15) is 0 Å². The molecular weight excluding hydrogens is 380 g/mol. The van der Waals surface area contributed by atoms with Gasteiger partial charge in [-0.3, -0.25) is 9.59 Å². The Hall–Kier alpha value is -2.99. The van der Waals surface area contributed by atoms with E-state index < -0.39 is 11.3 Å². The molecule has 0 bridgehead atoms. The second-order valence-corrected chi connectivity index (χ2v) is 7.12. The van der Waals surface area contributed by atoms with Crippen LogP contribution in [0.2, 0.25) is 5.02 Å². The minimum absolute atomic E-state index is 0.0514. The van der Waals surface area contributed by atoms with Crippen LogP contribution in [-0.4, -0.2) is 23.7 Å². The molecule has 7 heteroatoms. The molecule has 0 fully saturated rings. The number of hydrogen-bond donors (Lipinski definition) is 1. The number of methoxy groups -OCH3 is 1. The van der Waals surface area contributed by atoms with Crippen LogP contribution in [0.25, 0.3) is 10.9 Å². The monoisotopic (exact) mass is 398 g/mol. The van der Waals surface area contributed by atoms with Crippen LogP contribution in [-0.2, 0) is 13.1 Å². The molecule has 144 valence electrons. The number of carbonyl (C=O) groups excluding carboxylic acids is 1. The van der Waals surface area contributed by atoms with Gasteiger partial charge in [-0.15, -0.1) is 0 Å². The van der Waals surface area contributed by atoms with Crippen molar-refractivity contribution in [2.24, 2.45) is 0 Å². The molecule has 28 heavy (non-hydrogen) atoms. The molecule has 4 rings (SSSR count). The Labute approximate surface area is 166 Å². The Morgan fingerprint density at radius 1 is 1.32 bits per heavy atom. The van der Waals surface area contributed by atoms with Gasteiger partial charge in [0.05, 0.1) is 29.6 Å². The van der Waals surface area contributed by atoms with Gasteiger partial charge < -0.3 is 19.4 Å². The molecule has 2 aromatic carbocycles. The predicted molar refractivity (Wildman–Crippen MR) is 107 cm³/mol. The summed E-state index contributed by atoms with van der Waals surface area (Å²) in [6.07, 6.45) is 1.50. The lowest BCUT2D eigenvalue weighted by molar-refractivity contribution is 0.0948. The van der Waals surface area contributed by atoms with Gasteiger partial charge in [0, 0.05) is 18.3 Å². The number of carbonyl (C=O) groups is 1. The molecule has 0 saturated heterocycles. The van der Waals surface area contributed by atoms with E-state index in [2.05, 4.69) is 5.32 Å². The smallest absolute Gasteiger partial charge is 0.257 e. The molecule has 1 N–H and O–H groups in total. The molecule has 6 nitrogen and oxygen atoms in total. The summed E-state index contributed by atoms with van der Waals surface area (Å²) < 4.78 is 13.0. The summed E-state index contributed by atoms with van der Waals surface area (Å²) in [5.74, 6) is 0.810. The van der Waals surface area contributed by atoms with Gasteiger partial charge in [-0.1, -0.05) is 29.8 Å². The molecule has 0 aliphatic carbocycles. The predicted octanol–water partition coefficient (Wildman–Crippen LogP) is 3.37. The first-order valence-corrected chi connectivity index (χ1v) is 9.29. The average molecular weight is 399 g/mol. The molecule has 1 amide bonds. The fourth-order valence-electron chi connectivity index (χ4n) is 3.51. The highest BCUT2D eigenvalue weighted by molar-refractivity contribution is 6.35. The third-order valence-corrected chi connectivity index (χ3v) is 5.11. The summed E-state index contributed by atoms with van der Waals surface area (Å²) in [7, 11) is 1.57. The summed E-state index contributed by atoms with van der Waals surface area (Å²) in [4.78, 5) is 25.8. The van der Waals surface area contributed by atoms with Gasteiger partial charge >= 0.3 is 0 Å². The first-order chi connectivity index (χ1) is 13.5. The van der Waals surface area contributed by atoms with Crippen LogP contribution in [0.5, 0.6) is 11.5 Å². The zero-order chi connectivity index (χ0) is 19.8. The molecule has 0 saturated carbocycles. The third kappa shape index (κ3) is 3.10. The highest BCUT2D eigenvalue weighted by atomic mass is 35.5. The Bertz CT molecular complexity index is 1140. The zero-order valence-corrected chi connectivity index (χ0v) is 16.2. The first-order valence-electron chi connectivity index (χ1n) is 8.92. The topological polar surface area (TPSA) is 69.6 Å². The fourth-order valence-corrected chi connectivity index (χ4v) is 3.75. The maximum Gasteiger partial charge on any atom is 0.257 e. The summed E-state index contributed by atoms with van der Waals surface area (Å²) in [5, 5.41) is 3.41. The van der Waals surface area contributed by atoms with Crippen LogP contribution < -0.4 is 20.2 Å². The van der Waals surface area contributed by atoms with Crippen LogP contribution in [0.15, 0.2) is 47.4 Å². The van der Waals surface area contributed by atoms with Crippen molar-refractivity contribution in [2.45, 2.75) is 26.1 Å². The van der Waals surface area contributed by atoms with Gasteiger partial charge in [0.2, 0.25) is 5.43 Å².